The first-order valence-corrected chi connectivity index (χ1v) is 33.2. The number of carboxylic acids is 1. The van der Waals surface area contributed by atoms with Crippen LogP contribution in [-0.4, -0.2) is 177 Å². The van der Waals surface area contributed by atoms with Crippen molar-refractivity contribution in [1.82, 2.24) is 47.0 Å². The summed E-state index contributed by atoms with van der Waals surface area (Å²) in [5.74, 6) is -7.52. The van der Waals surface area contributed by atoms with Crippen molar-refractivity contribution in [3.63, 3.8) is 0 Å². The van der Waals surface area contributed by atoms with Gasteiger partial charge >= 0.3 is 5.97 Å². The first-order valence-electron chi connectivity index (χ1n) is 33.2. The molecule has 0 radical (unpaired) electrons. The minimum Gasteiger partial charge on any atom is -0.508 e. The van der Waals surface area contributed by atoms with Crippen LogP contribution in [0.1, 0.15) is 145 Å². The number of phenols is 2. The molecule has 28 nitrogen and oxygen atoms in total. The number of hydrogen-bond acceptors (Lipinski definition) is 16. The number of aromatic hydroxyl groups is 2. The summed E-state index contributed by atoms with van der Waals surface area (Å²) in [7, 11) is 0. The number of nitrogens with two attached hydrogens (primary N) is 5. The summed E-state index contributed by atoms with van der Waals surface area (Å²) in [6.07, 6.45) is 2.68. The normalized spacial score (nSPS) is 16.8. The third kappa shape index (κ3) is 24.1. The molecular formula is C68H103N15O13. The number of nitrogens with one attached hydrogen (secondary N) is 7. The monoisotopic (exact) mass is 1340 g/mol. The second-order valence-electron chi connectivity index (χ2n) is 26.6. The molecule has 9 atom stereocenters. The maximum absolute atomic E-state index is 14.9. The molecule has 96 heavy (non-hydrogen) atoms. The van der Waals surface area contributed by atoms with E-state index in [1.807, 2.05) is 26.0 Å². The SMILES string of the molecule is Cc1cc(O)cc(C)c1C[C@H](N)C(=O)N[C@H](CCCN=C(N)N)C(=O)N[C@H]1Cc2ccccc2CN(CCC(=O)N[C@@H](CCCCN)C(=O)N[C@@H](CCCCN)C(=O)N2CCC[C@H]2C(=O)N[C@@H](Cc2cccc(O)c2)C(=O)N[C@H](C(=O)N[C@@H](CC(C)C)C(=O)O)C(C)(C)C)C1=O. The first kappa shape index (κ1) is 77.8. The van der Waals surface area contributed by atoms with Crippen LogP contribution in [0.4, 0.5) is 0 Å². The average Bonchev–Trinajstić information content (AvgIpc) is 1.60. The second-order valence-corrected chi connectivity index (χ2v) is 26.6. The van der Waals surface area contributed by atoms with Crippen molar-refractivity contribution in [2.75, 3.05) is 32.7 Å². The molecule has 5 rings (SSSR count). The summed E-state index contributed by atoms with van der Waals surface area (Å²) in [6, 6.07) is 5.57. The van der Waals surface area contributed by atoms with Crippen LogP contribution in [-0.2, 0) is 73.8 Å². The second kappa shape index (κ2) is 37.4. The molecule has 2 aliphatic heterocycles. The van der Waals surface area contributed by atoms with Gasteiger partial charge < -0.3 is 91.0 Å². The number of carbonyl (C=O) groups excluding carboxylic acids is 9. The van der Waals surface area contributed by atoms with E-state index in [0.29, 0.717) is 37.7 Å². The lowest BCUT2D eigenvalue weighted by molar-refractivity contribution is -0.143. The molecule has 28 heteroatoms. The topological polar surface area (TPSA) is 465 Å². The number of carboxylic acid groups (broad SMARTS) is 1. The number of nitrogens with zero attached hydrogens (tertiary/aromatic N) is 3. The number of likely N-dealkylation sites (tertiary alicyclic amines) is 1. The van der Waals surface area contributed by atoms with Crippen molar-refractivity contribution in [1.29, 1.82) is 0 Å². The van der Waals surface area contributed by atoms with Crippen LogP contribution in [0.2, 0.25) is 0 Å². The van der Waals surface area contributed by atoms with Crippen LogP contribution in [0.3, 0.4) is 0 Å². The molecule has 1 fully saturated rings. The maximum atomic E-state index is 14.9. The fourth-order valence-corrected chi connectivity index (χ4v) is 12.0. The Morgan fingerprint density at radius 3 is 1.90 bits per heavy atom. The molecule has 0 unspecified atom stereocenters. The Labute approximate surface area is 562 Å². The molecule has 1 saturated heterocycles. The van der Waals surface area contributed by atoms with E-state index < -0.39 is 119 Å². The van der Waals surface area contributed by atoms with Gasteiger partial charge in [0, 0.05) is 45.4 Å². The summed E-state index contributed by atoms with van der Waals surface area (Å²) < 4.78 is 0. The Kier molecular flexibility index (Phi) is 30.3. The van der Waals surface area contributed by atoms with Gasteiger partial charge in [-0.3, -0.25) is 48.1 Å². The molecule has 0 aromatic heterocycles. The van der Waals surface area contributed by atoms with Crippen LogP contribution >= 0.6 is 0 Å². The zero-order valence-electron chi connectivity index (χ0n) is 56.5. The third-order valence-electron chi connectivity index (χ3n) is 17.2. The molecule has 20 N–H and O–H groups in total. The number of phenolic OH excluding ortho intramolecular Hbond substituents is 2. The highest BCUT2D eigenvalue weighted by Gasteiger charge is 2.42. The molecule has 2 heterocycles. The van der Waals surface area contributed by atoms with E-state index in [9.17, 15) is 63.3 Å². The van der Waals surface area contributed by atoms with E-state index in [1.54, 1.807) is 71.0 Å². The fourth-order valence-electron chi connectivity index (χ4n) is 12.0. The van der Waals surface area contributed by atoms with E-state index in [2.05, 4.69) is 42.2 Å². The largest absolute Gasteiger partial charge is 0.508 e. The lowest BCUT2D eigenvalue weighted by Crippen LogP contribution is -2.61. The molecule has 0 bridgehead atoms. The molecule has 528 valence electrons. The molecule has 0 saturated carbocycles. The summed E-state index contributed by atoms with van der Waals surface area (Å²) >= 11 is 0. The number of aliphatic imine (C=N–C) groups is 1. The molecule has 3 aromatic rings. The molecule has 3 aromatic carbocycles. The Bertz CT molecular complexity index is 3200. The predicted molar refractivity (Wildman–Crippen MR) is 362 cm³/mol. The van der Waals surface area contributed by atoms with Crippen LogP contribution in [0, 0.1) is 25.2 Å². The van der Waals surface area contributed by atoms with Gasteiger partial charge in [-0.05, 0) is 173 Å². The lowest BCUT2D eigenvalue weighted by Gasteiger charge is -2.33. The van der Waals surface area contributed by atoms with Crippen molar-refractivity contribution < 1.29 is 63.3 Å². The predicted octanol–water partition coefficient (Wildman–Crippen LogP) is 0.675. The fraction of sp³-hybridized carbons (Fsp3) is 0.574. The number of aryl methyl sites for hydroxylation is 2. The number of amides is 9. The van der Waals surface area contributed by atoms with E-state index in [1.165, 1.54) is 21.9 Å². The van der Waals surface area contributed by atoms with E-state index in [-0.39, 0.29) is 127 Å². The molecule has 9 amide bonds. The highest BCUT2D eigenvalue weighted by atomic mass is 16.4. The van der Waals surface area contributed by atoms with Crippen LogP contribution in [0.15, 0.2) is 65.7 Å². The molecule has 2 aliphatic rings. The smallest absolute Gasteiger partial charge is 0.326 e. The molecule has 0 aliphatic carbocycles. The Balaban J connectivity index is 1.33. The van der Waals surface area contributed by atoms with Gasteiger partial charge in [-0.1, -0.05) is 71.0 Å². The summed E-state index contributed by atoms with van der Waals surface area (Å²) in [5.41, 5.74) is 32.5. The van der Waals surface area contributed by atoms with Gasteiger partial charge in [0.25, 0.3) is 0 Å². The van der Waals surface area contributed by atoms with Crippen molar-refractivity contribution in [3.8, 4) is 11.5 Å². The number of fused-ring (bicyclic) bond motifs is 1. The van der Waals surface area contributed by atoms with Gasteiger partial charge in [-0.2, -0.15) is 0 Å². The van der Waals surface area contributed by atoms with Crippen molar-refractivity contribution >= 4 is 65.1 Å². The molecular weight excluding hydrogens is 1230 g/mol. The van der Waals surface area contributed by atoms with E-state index in [4.69, 9.17) is 28.7 Å². The third-order valence-corrected chi connectivity index (χ3v) is 17.2. The summed E-state index contributed by atoms with van der Waals surface area (Å²) in [5, 5.41) is 49.8. The van der Waals surface area contributed by atoms with Gasteiger partial charge in [-0.15, -0.1) is 0 Å². The van der Waals surface area contributed by atoms with Crippen LogP contribution < -0.4 is 65.9 Å². The van der Waals surface area contributed by atoms with Crippen LogP contribution in [0.5, 0.6) is 11.5 Å². The average molecular weight is 1340 g/mol. The first-order chi connectivity index (χ1) is 45.4. The number of carbonyl (C=O) groups is 10. The number of aliphatic carboxylic acids is 1. The van der Waals surface area contributed by atoms with E-state index >= 15 is 0 Å². The van der Waals surface area contributed by atoms with Crippen molar-refractivity contribution in [3.05, 3.63) is 94.0 Å². The zero-order valence-corrected chi connectivity index (χ0v) is 56.5. The molecule has 0 spiro atoms. The number of hydrogen-bond donors (Lipinski definition) is 15. The summed E-state index contributed by atoms with van der Waals surface area (Å²) in [6.45, 7) is 13.0. The zero-order chi connectivity index (χ0) is 71.0. The van der Waals surface area contributed by atoms with Gasteiger partial charge in [-0.25, -0.2) is 4.79 Å². The quantitative estimate of drug-likeness (QED) is 0.0216. The lowest BCUT2D eigenvalue weighted by atomic mass is 9.85. The van der Waals surface area contributed by atoms with Crippen LogP contribution in [0.25, 0.3) is 0 Å². The van der Waals surface area contributed by atoms with Gasteiger partial charge in [0.2, 0.25) is 53.2 Å². The highest BCUT2D eigenvalue weighted by Crippen LogP contribution is 2.26. The highest BCUT2D eigenvalue weighted by molar-refractivity contribution is 5.98. The number of unbranched alkanes of at least 4 members (excludes halogenated alkanes) is 2. The Morgan fingerprint density at radius 1 is 0.677 bits per heavy atom. The number of rotatable bonds is 36. The van der Waals surface area contributed by atoms with Gasteiger partial charge in [0.05, 0.1) is 6.04 Å². The Hall–Kier alpha value is -8.89. The minimum atomic E-state index is -1.38. The minimum absolute atomic E-state index is 0.0624. The number of guanidine groups is 1. The van der Waals surface area contributed by atoms with Gasteiger partial charge in [0.1, 0.15) is 59.8 Å². The summed E-state index contributed by atoms with van der Waals surface area (Å²) in [4.78, 5) is 148. The van der Waals surface area contributed by atoms with E-state index in [0.717, 1.165) is 27.8 Å². The van der Waals surface area contributed by atoms with Crippen molar-refractivity contribution in [2.24, 2.45) is 45.0 Å². The standard InChI is InChI=1S/C68H103N15O13/c1-39(2)31-54(66(95)96)80-63(92)57(68(5,6)7)81-61(90)52(35-42-17-14-20-45(84)34-42)78-62(91)55-24-16-29-83(55)65(94)51(22-11-13-27-70)77-59(88)49(21-10-12-26-69)75-56(86)25-30-82-38-44-19-9-8-18-43(44)36-53(64(82)93)79-60(89)50(23-15-28-74-67(72)73)76-58(87)48(71)37-47-40(3)32-46(85)33-41(47)4/h8-9,14,17-20,32-34,39,48-55,57,84-85H,10-13,15-16,21-31,35-38,69-71H2,1-7H3,(H,75,86)(H,76,87)(H,77,88)(H,78,91)(H,79,89)(H,80,92)(H,81,90)(H,95,96)(H4,72,73,74)/t48-,49-,50+,51-,52-,53-,54-,55-,57+/m0/s1. The Morgan fingerprint density at radius 2 is 1.28 bits per heavy atom. The number of benzene rings is 3. The maximum Gasteiger partial charge on any atom is 0.326 e. The van der Waals surface area contributed by atoms with Crippen molar-refractivity contribution in [2.45, 2.75) is 206 Å². The van der Waals surface area contributed by atoms with Gasteiger partial charge in [0.15, 0.2) is 5.96 Å².